The maximum Gasteiger partial charge on any atom is 0.347 e. The molecule has 0 aliphatic heterocycles. The van der Waals surface area contributed by atoms with Crippen molar-refractivity contribution in [2.75, 3.05) is 0 Å². The Morgan fingerprint density at radius 3 is 2.82 bits per heavy atom. The molecule has 0 saturated carbocycles. The molecule has 1 aromatic heterocycles. The average Bonchev–Trinajstić information content (AvgIpc) is 2.30. The van der Waals surface area contributed by atoms with Crippen LogP contribution in [-0.2, 0) is 6.42 Å². The van der Waals surface area contributed by atoms with Crippen molar-refractivity contribution in [1.29, 1.82) is 0 Å². The Balaban J connectivity index is 3.12. The Kier molecular flexibility index (Phi) is 2.83. The molecule has 1 N–H and O–H groups in total. The molecule has 0 atom stereocenters. The van der Waals surface area contributed by atoms with Gasteiger partial charge in [0.15, 0.2) is 3.01 Å². The van der Waals surface area contributed by atoms with Crippen LogP contribution in [-0.4, -0.2) is 16.1 Å². The van der Waals surface area contributed by atoms with E-state index >= 15 is 0 Å². The van der Waals surface area contributed by atoms with Crippen molar-refractivity contribution in [1.82, 2.24) is 4.98 Å². The number of nitrogens with zero attached hydrogens (tertiary/aromatic N) is 1. The van der Waals surface area contributed by atoms with E-state index in [0.29, 0.717) is 17.0 Å². The number of aryl methyl sites for hydroxylation is 1. The molecule has 0 aromatic carbocycles. The van der Waals surface area contributed by atoms with E-state index in [-0.39, 0.29) is 0 Å². The van der Waals surface area contributed by atoms with Crippen LogP contribution in [0.15, 0.2) is 0 Å². The van der Waals surface area contributed by atoms with E-state index in [2.05, 4.69) is 4.98 Å². The third-order valence-electron chi connectivity index (χ3n) is 1.20. The van der Waals surface area contributed by atoms with Gasteiger partial charge in [0.1, 0.15) is 4.88 Å². The fraction of sp³-hybridized carbons (Fsp3) is 0.333. The second-order valence-electron chi connectivity index (χ2n) is 1.90. The van der Waals surface area contributed by atoms with E-state index in [1.165, 1.54) is 11.3 Å². The molecule has 1 aromatic rings. The largest absolute Gasteiger partial charge is 0.477 e. The normalized spacial score (nSPS) is 10.0. The summed E-state index contributed by atoms with van der Waals surface area (Å²) >= 11 is 3.25. The molecule has 0 saturated heterocycles. The fourth-order valence-electron chi connectivity index (χ4n) is 0.730. The van der Waals surface area contributed by atoms with Crippen LogP contribution >= 0.6 is 33.9 Å². The van der Waals surface area contributed by atoms with Crippen molar-refractivity contribution in [2.24, 2.45) is 0 Å². The summed E-state index contributed by atoms with van der Waals surface area (Å²) in [4.78, 5) is 15.0. The van der Waals surface area contributed by atoms with Crippen LogP contribution in [0.4, 0.5) is 0 Å². The third-order valence-corrected chi connectivity index (χ3v) is 2.98. The van der Waals surface area contributed by atoms with Gasteiger partial charge in [-0.05, 0) is 29.0 Å². The van der Waals surface area contributed by atoms with Gasteiger partial charge in [0.05, 0.1) is 5.69 Å². The number of thiazole rings is 1. The van der Waals surface area contributed by atoms with Crippen LogP contribution in [0, 0.1) is 3.01 Å². The smallest absolute Gasteiger partial charge is 0.347 e. The van der Waals surface area contributed by atoms with E-state index in [9.17, 15) is 4.79 Å². The van der Waals surface area contributed by atoms with Crippen LogP contribution < -0.4 is 0 Å². The lowest BCUT2D eigenvalue weighted by molar-refractivity contribution is 0.0701. The predicted octanol–water partition coefficient (Wildman–Crippen LogP) is 2.01. The fourth-order valence-corrected chi connectivity index (χ4v) is 2.40. The number of aromatic carboxylic acids is 1. The van der Waals surface area contributed by atoms with E-state index in [1.54, 1.807) is 0 Å². The van der Waals surface area contributed by atoms with E-state index in [1.807, 2.05) is 29.5 Å². The highest BCUT2D eigenvalue weighted by atomic mass is 127. The number of hydrogen-bond donors (Lipinski definition) is 1. The number of aromatic nitrogens is 1. The van der Waals surface area contributed by atoms with E-state index in [4.69, 9.17) is 5.11 Å². The van der Waals surface area contributed by atoms with Crippen LogP contribution in [0.25, 0.3) is 0 Å². The van der Waals surface area contributed by atoms with Crippen LogP contribution in [0.2, 0.25) is 0 Å². The van der Waals surface area contributed by atoms with Gasteiger partial charge in [0.25, 0.3) is 0 Å². The Morgan fingerprint density at radius 1 is 1.82 bits per heavy atom. The van der Waals surface area contributed by atoms with Crippen LogP contribution in [0.5, 0.6) is 0 Å². The molecule has 1 rings (SSSR count). The van der Waals surface area contributed by atoms with Crippen molar-refractivity contribution in [3.05, 3.63) is 13.6 Å². The standard InChI is InChI=1S/C6H6INO2S/c1-2-3-4(5(9)10)11-6(7)8-3/h2H2,1H3,(H,9,10). The summed E-state index contributed by atoms with van der Waals surface area (Å²) in [6, 6.07) is 0. The molecular weight excluding hydrogens is 277 g/mol. The summed E-state index contributed by atoms with van der Waals surface area (Å²) in [5, 5.41) is 8.68. The average molecular weight is 283 g/mol. The molecule has 0 aliphatic carbocycles. The molecule has 11 heavy (non-hydrogen) atoms. The van der Waals surface area contributed by atoms with Gasteiger partial charge in [-0.15, -0.1) is 11.3 Å². The van der Waals surface area contributed by atoms with Crippen LogP contribution in [0.1, 0.15) is 22.3 Å². The topological polar surface area (TPSA) is 50.2 Å². The first-order chi connectivity index (χ1) is 5.15. The maximum absolute atomic E-state index is 10.6. The zero-order chi connectivity index (χ0) is 8.43. The van der Waals surface area contributed by atoms with Crippen molar-refractivity contribution < 1.29 is 9.90 Å². The third kappa shape index (κ3) is 1.90. The Morgan fingerprint density at radius 2 is 2.45 bits per heavy atom. The summed E-state index contributed by atoms with van der Waals surface area (Å²) in [5.74, 6) is -0.873. The summed E-state index contributed by atoms with van der Waals surface area (Å²) in [7, 11) is 0. The molecule has 0 radical (unpaired) electrons. The number of rotatable bonds is 2. The molecule has 0 spiro atoms. The first-order valence-corrected chi connectivity index (χ1v) is 4.93. The molecule has 0 amide bonds. The molecule has 0 bridgehead atoms. The lowest BCUT2D eigenvalue weighted by Crippen LogP contribution is -1.97. The summed E-state index contributed by atoms with van der Waals surface area (Å²) in [6.07, 6.45) is 0.682. The summed E-state index contributed by atoms with van der Waals surface area (Å²) in [5.41, 5.74) is 0.687. The maximum atomic E-state index is 10.6. The van der Waals surface area contributed by atoms with Gasteiger partial charge in [-0.1, -0.05) is 6.92 Å². The molecule has 1 heterocycles. The van der Waals surface area contributed by atoms with Gasteiger partial charge in [-0.3, -0.25) is 0 Å². The monoisotopic (exact) mass is 283 g/mol. The minimum absolute atomic E-state index is 0.372. The Hall–Kier alpha value is -0.170. The highest BCUT2D eigenvalue weighted by molar-refractivity contribution is 14.1. The predicted molar refractivity (Wildman–Crippen MR) is 51.2 cm³/mol. The minimum atomic E-state index is -0.873. The van der Waals surface area contributed by atoms with E-state index in [0.717, 1.165) is 3.01 Å². The summed E-state index contributed by atoms with van der Waals surface area (Å²) in [6.45, 7) is 1.90. The number of hydrogen-bond acceptors (Lipinski definition) is 3. The first kappa shape index (κ1) is 8.92. The lowest BCUT2D eigenvalue weighted by Gasteiger charge is -1.89. The molecule has 3 nitrogen and oxygen atoms in total. The van der Waals surface area contributed by atoms with E-state index < -0.39 is 5.97 Å². The molecule has 5 heteroatoms. The molecule has 0 unspecified atom stereocenters. The van der Waals surface area contributed by atoms with Crippen molar-refractivity contribution in [3.8, 4) is 0 Å². The van der Waals surface area contributed by atoms with Gasteiger partial charge >= 0.3 is 5.97 Å². The lowest BCUT2D eigenvalue weighted by atomic mass is 10.3. The van der Waals surface area contributed by atoms with Gasteiger partial charge in [0, 0.05) is 0 Å². The highest BCUT2D eigenvalue weighted by Crippen LogP contribution is 2.20. The highest BCUT2D eigenvalue weighted by Gasteiger charge is 2.13. The number of halogens is 1. The van der Waals surface area contributed by atoms with Gasteiger partial charge in [-0.25, -0.2) is 9.78 Å². The van der Waals surface area contributed by atoms with Crippen molar-refractivity contribution in [3.63, 3.8) is 0 Å². The minimum Gasteiger partial charge on any atom is -0.477 e. The first-order valence-electron chi connectivity index (χ1n) is 3.03. The molecule has 0 fully saturated rings. The second-order valence-corrected chi connectivity index (χ2v) is 4.65. The zero-order valence-electron chi connectivity index (χ0n) is 5.80. The Labute approximate surface area is 81.6 Å². The number of carbonyl (C=O) groups is 1. The second kappa shape index (κ2) is 3.48. The number of carboxylic acids is 1. The summed E-state index contributed by atoms with van der Waals surface area (Å²) < 4.78 is 0.789. The SMILES string of the molecule is CCc1nc(I)sc1C(=O)O. The van der Waals surface area contributed by atoms with Crippen molar-refractivity contribution in [2.45, 2.75) is 13.3 Å². The zero-order valence-corrected chi connectivity index (χ0v) is 8.77. The van der Waals surface area contributed by atoms with Gasteiger partial charge < -0.3 is 5.11 Å². The van der Waals surface area contributed by atoms with Gasteiger partial charge in [-0.2, -0.15) is 0 Å². The van der Waals surface area contributed by atoms with Gasteiger partial charge in [0.2, 0.25) is 0 Å². The molecular formula is C6H6INO2S. The molecule has 60 valence electrons. The van der Waals surface area contributed by atoms with Crippen LogP contribution in [0.3, 0.4) is 0 Å². The number of carboxylic acid groups (broad SMARTS) is 1. The quantitative estimate of drug-likeness (QED) is 0.845. The Bertz CT molecular complexity index is 284. The van der Waals surface area contributed by atoms with Crippen molar-refractivity contribution >= 4 is 39.9 Å². The molecule has 0 aliphatic rings.